The van der Waals surface area contributed by atoms with Gasteiger partial charge in [-0.25, -0.2) is 9.18 Å². The van der Waals surface area contributed by atoms with E-state index in [-0.39, 0.29) is 29.0 Å². The number of aromatic nitrogens is 2. The highest BCUT2D eigenvalue weighted by molar-refractivity contribution is 7.12. The van der Waals surface area contributed by atoms with E-state index in [0.29, 0.717) is 23.1 Å². The van der Waals surface area contributed by atoms with Gasteiger partial charge in [0.05, 0.1) is 23.6 Å². The van der Waals surface area contributed by atoms with Crippen molar-refractivity contribution < 1.29 is 22.3 Å². The maximum atomic E-state index is 15.9. The molecule has 5 rings (SSSR count). The molecule has 4 atom stereocenters. The quantitative estimate of drug-likeness (QED) is 0.630. The molecule has 0 radical (unpaired) electrons. The van der Waals surface area contributed by atoms with E-state index in [4.69, 9.17) is 10.5 Å². The standard InChI is InChI=1S/C23H25F4N3O3S/c1-9-15-18(30(12-4-5-12)22(32)29-21(15)31)19(33-2)16(17(9)24)14-8-11-7-10(3-6-13(11)34-14)20(28)23(25,26)27/h8,10,12,16-17,20H,3-7,28H2,1-2H3,(H,29,31,32). The number of alkyl halides is 4. The highest BCUT2D eigenvalue weighted by Crippen LogP contribution is 2.44. The fourth-order valence-electron chi connectivity index (χ4n) is 5.31. The summed E-state index contributed by atoms with van der Waals surface area (Å²) in [6.07, 6.45) is -3.60. The maximum absolute atomic E-state index is 15.9. The first-order chi connectivity index (χ1) is 16.0. The molecular formula is C23H25F4N3O3S. The van der Waals surface area contributed by atoms with Crippen molar-refractivity contribution >= 4 is 22.7 Å². The first kappa shape index (κ1) is 23.3. The van der Waals surface area contributed by atoms with Gasteiger partial charge in [-0.15, -0.1) is 11.3 Å². The number of H-pyrrole nitrogens is 1. The van der Waals surface area contributed by atoms with Gasteiger partial charge in [0, 0.05) is 15.8 Å². The Hall–Kier alpha value is -2.40. The predicted octanol–water partition coefficient (Wildman–Crippen LogP) is 1.99. The Kier molecular flexibility index (Phi) is 5.55. The van der Waals surface area contributed by atoms with Crippen LogP contribution in [-0.4, -0.2) is 35.1 Å². The van der Waals surface area contributed by atoms with Crippen LogP contribution in [0.3, 0.4) is 0 Å². The van der Waals surface area contributed by atoms with Gasteiger partial charge >= 0.3 is 11.9 Å². The summed E-state index contributed by atoms with van der Waals surface area (Å²) in [6.45, 7) is 1.53. The normalized spacial score (nSPS) is 25.7. The number of aromatic amines is 1. The van der Waals surface area contributed by atoms with Crippen molar-refractivity contribution in [2.45, 2.75) is 69.4 Å². The van der Waals surface area contributed by atoms with Crippen molar-refractivity contribution in [2.24, 2.45) is 11.7 Å². The van der Waals surface area contributed by atoms with Gasteiger partial charge in [-0.1, -0.05) is 0 Å². The average Bonchev–Trinajstić information content (AvgIpc) is 3.51. The minimum absolute atomic E-state index is 0.0889. The van der Waals surface area contributed by atoms with Crippen LogP contribution in [-0.2, 0) is 17.6 Å². The second-order valence-electron chi connectivity index (χ2n) is 9.38. The molecule has 184 valence electrons. The van der Waals surface area contributed by atoms with Crippen molar-refractivity contribution in [3.05, 3.63) is 52.8 Å². The molecule has 0 bridgehead atoms. The van der Waals surface area contributed by atoms with Crippen LogP contribution in [0.15, 0.2) is 15.7 Å². The van der Waals surface area contributed by atoms with Gasteiger partial charge in [-0.3, -0.25) is 14.3 Å². The monoisotopic (exact) mass is 499 g/mol. The molecule has 2 aromatic heterocycles. The lowest BCUT2D eigenvalue weighted by molar-refractivity contribution is -0.159. The lowest BCUT2D eigenvalue weighted by Gasteiger charge is -2.28. The van der Waals surface area contributed by atoms with Crippen molar-refractivity contribution in [1.29, 1.82) is 0 Å². The molecule has 0 saturated heterocycles. The fraction of sp³-hybridized carbons (Fsp3) is 0.565. The van der Waals surface area contributed by atoms with Crippen LogP contribution in [0.1, 0.15) is 53.5 Å². The lowest BCUT2D eigenvalue weighted by atomic mass is 9.82. The van der Waals surface area contributed by atoms with Crippen LogP contribution in [0, 0.1) is 5.92 Å². The minimum Gasteiger partial charge on any atom is -0.498 e. The number of nitrogens with two attached hydrogens (primary N) is 1. The highest BCUT2D eigenvalue weighted by Gasteiger charge is 2.44. The molecule has 11 heteroatoms. The van der Waals surface area contributed by atoms with Gasteiger partial charge in [0.1, 0.15) is 18.0 Å². The highest BCUT2D eigenvalue weighted by atomic mass is 32.1. The second-order valence-corrected chi connectivity index (χ2v) is 10.6. The number of ether oxygens (including phenoxy) is 1. The summed E-state index contributed by atoms with van der Waals surface area (Å²) >= 11 is 1.35. The third-order valence-electron chi connectivity index (χ3n) is 7.22. The zero-order chi connectivity index (χ0) is 24.5. The van der Waals surface area contributed by atoms with Crippen LogP contribution in [0.4, 0.5) is 17.6 Å². The van der Waals surface area contributed by atoms with E-state index in [0.717, 1.165) is 23.3 Å². The number of hydrogen-bond donors (Lipinski definition) is 2. The molecule has 6 nitrogen and oxygen atoms in total. The molecule has 3 aliphatic rings. The van der Waals surface area contributed by atoms with Gasteiger partial charge < -0.3 is 10.5 Å². The molecule has 1 saturated carbocycles. The van der Waals surface area contributed by atoms with Crippen molar-refractivity contribution in [2.75, 3.05) is 7.11 Å². The third kappa shape index (κ3) is 3.64. The van der Waals surface area contributed by atoms with Gasteiger partial charge in [0.25, 0.3) is 5.56 Å². The number of hydrogen-bond acceptors (Lipinski definition) is 5. The van der Waals surface area contributed by atoms with E-state index < -0.39 is 41.5 Å². The van der Waals surface area contributed by atoms with Crippen molar-refractivity contribution in [3.63, 3.8) is 0 Å². The summed E-state index contributed by atoms with van der Waals surface area (Å²) in [7, 11) is 1.38. The largest absolute Gasteiger partial charge is 0.498 e. The number of methoxy groups -OCH3 is 1. The molecule has 0 spiro atoms. The van der Waals surface area contributed by atoms with E-state index >= 15 is 4.39 Å². The number of nitrogens with zero attached hydrogens (tertiary/aromatic N) is 1. The summed E-state index contributed by atoms with van der Waals surface area (Å²) in [4.78, 5) is 29.1. The molecule has 2 aromatic rings. The molecular weight excluding hydrogens is 474 g/mol. The van der Waals surface area contributed by atoms with E-state index in [2.05, 4.69) is 4.98 Å². The van der Waals surface area contributed by atoms with Crippen LogP contribution >= 0.6 is 11.3 Å². The molecule has 1 fully saturated rings. The van der Waals surface area contributed by atoms with E-state index in [9.17, 15) is 22.8 Å². The molecule has 3 N–H and O–H groups in total. The topological polar surface area (TPSA) is 90.1 Å². The summed E-state index contributed by atoms with van der Waals surface area (Å²) in [5.41, 5.74) is 5.22. The second kappa shape index (κ2) is 8.08. The van der Waals surface area contributed by atoms with E-state index in [1.54, 1.807) is 6.07 Å². The first-order valence-electron chi connectivity index (χ1n) is 11.2. The molecule has 34 heavy (non-hydrogen) atoms. The maximum Gasteiger partial charge on any atom is 0.403 e. The van der Waals surface area contributed by atoms with E-state index in [1.807, 2.05) is 0 Å². The summed E-state index contributed by atoms with van der Waals surface area (Å²) in [5, 5.41) is 0.420. The van der Waals surface area contributed by atoms with Crippen molar-refractivity contribution in [1.82, 2.24) is 9.55 Å². The molecule has 0 aliphatic heterocycles. The van der Waals surface area contributed by atoms with Gasteiger partial charge in [-0.2, -0.15) is 13.2 Å². The van der Waals surface area contributed by atoms with E-state index in [1.165, 1.54) is 29.9 Å². The summed E-state index contributed by atoms with van der Waals surface area (Å²) in [6, 6.07) is -0.249. The predicted molar refractivity (Wildman–Crippen MR) is 120 cm³/mol. The molecule has 3 aliphatic carbocycles. The number of nitrogens with one attached hydrogen (secondary N) is 1. The number of thiophene rings is 1. The zero-order valence-electron chi connectivity index (χ0n) is 18.7. The summed E-state index contributed by atoms with van der Waals surface area (Å²) in [5.74, 6) is -1.43. The Bertz CT molecular complexity index is 1390. The Morgan fingerprint density at radius 1 is 1.26 bits per heavy atom. The SMILES string of the molecule is COC1=c2c(c(=O)[nH]c(=O)n2C2CC2)=C(C)C(F)C1c1cc2c(s1)CCC(C(N)C(F)(F)F)C2. The first-order valence-corrected chi connectivity index (χ1v) is 12.1. The van der Waals surface area contributed by atoms with Crippen molar-refractivity contribution in [3.8, 4) is 0 Å². The smallest absolute Gasteiger partial charge is 0.403 e. The van der Waals surface area contributed by atoms with Crippen LogP contribution in [0.25, 0.3) is 11.3 Å². The Labute approximate surface area is 195 Å². The Balaban J connectivity index is 1.65. The minimum atomic E-state index is -4.47. The number of fused-ring (bicyclic) bond motifs is 2. The van der Waals surface area contributed by atoms with Gasteiger partial charge in [-0.05, 0) is 62.1 Å². The molecule has 0 amide bonds. The number of rotatable bonds is 4. The van der Waals surface area contributed by atoms with Crippen LogP contribution < -0.4 is 27.6 Å². The lowest BCUT2D eigenvalue weighted by Crippen LogP contribution is -2.58. The summed E-state index contributed by atoms with van der Waals surface area (Å²) < 4.78 is 62.5. The number of halogens is 4. The molecule has 2 heterocycles. The molecule has 4 unspecified atom stereocenters. The molecule has 0 aromatic carbocycles. The zero-order valence-corrected chi connectivity index (χ0v) is 19.5. The number of aryl methyl sites for hydroxylation is 1. The Morgan fingerprint density at radius 3 is 2.59 bits per heavy atom. The van der Waals surface area contributed by atoms with Gasteiger partial charge in [0.15, 0.2) is 0 Å². The van der Waals surface area contributed by atoms with Gasteiger partial charge in [0.2, 0.25) is 0 Å². The third-order valence-corrected chi connectivity index (χ3v) is 8.55. The Morgan fingerprint density at radius 2 is 1.97 bits per heavy atom. The fourth-order valence-corrected chi connectivity index (χ4v) is 6.64. The van der Waals surface area contributed by atoms with Crippen LogP contribution in [0.5, 0.6) is 0 Å². The van der Waals surface area contributed by atoms with Crippen LogP contribution in [0.2, 0.25) is 0 Å². The average molecular weight is 500 g/mol.